The molecule has 1 rings (SSSR count). The molecule has 112 valence electrons. The molecule has 0 radical (unpaired) electrons. The molecule has 2 N–H and O–H groups in total. The van der Waals surface area contributed by atoms with E-state index in [-0.39, 0.29) is 12.2 Å². The summed E-state index contributed by atoms with van der Waals surface area (Å²) in [4.78, 5) is 13.2. The van der Waals surface area contributed by atoms with E-state index in [0.29, 0.717) is 19.1 Å². The lowest BCUT2D eigenvalue weighted by Crippen LogP contribution is -2.36. The van der Waals surface area contributed by atoms with Crippen LogP contribution in [0.1, 0.15) is 42.6 Å². The largest absolute Gasteiger partial charge is 0.478 e. The first-order valence-corrected chi connectivity index (χ1v) is 7.69. The Hall–Kier alpha value is -0.910. The SMILES string of the molecule is CCC(CC)N(CCO)Cc1ccc(C(=O)O)cc1Br. The monoisotopic (exact) mass is 343 g/mol. The number of halogens is 1. The maximum atomic E-state index is 10.9. The number of aliphatic hydroxyl groups is 1. The smallest absolute Gasteiger partial charge is 0.335 e. The van der Waals surface area contributed by atoms with Crippen LogP contribution in [-0.2, 0) is 6.54 Å². The Morgan fingerprint density at radius 3 is 2.45 bits per heavy atom. The summed E-state index contributed by atoms with van der Waals surface area (Å²) in [6, 6.07) is 5.50. The van der Waals surface area contributed by atoms with Crippen molar-refractivity contribution in [2.75, 3.05) is 13.2 Å². The van der Waals surface area contributed by atoms with Gasteiger partial charge >= 0.3 is 5.97 Å². The number of carboxylic acids is 1. The first-order chi connectivity index (χ1) is 9.53. The van der Waals surface area contributed by atoms with Gasteiger partial charge in [0.05, 0.1) is 12.2 Å². The topological polar surface area (TPSA) is 60.8 Å². The molecule has 20 heavy (non-hydrogen) atoms. The van der Waals surface area contributed by atoms with E-state index in [1.807, 2.05) is 6.07 Å². The number of aliphatic hydroxyl groups excluding tert-OH is 1. The Balaban J connectivity index is 2.90. The van der Waals surface area contributed by atoms with Crippen molar-refractivity contribution < 1.29 is 15.0 Å². The van der Waals surface area contributed by atoms with Gasteiger partial charge < -0.3 is 10.2 Å². The zero-order chi connectivity index (χ0) is 15.1. The van der Waals surface area contributed by atoms with Gasteiger partial charge in [-0.2, -0.15) is 0 Å². The molecule has 5 heteroatoms. The maximum Gasteiger partial charge on any atom is 0.335 e. The predicted octanol–water partition coefficient (Wildman–Crippen LogP) is 3.13. The van der Waals surface area contributed by atoms with E-state index >= 15 is 0 Å². The Bertz CT molecular complexity index is 447. The molecule has 4 nitrogen and oxygen atoms in total. The quantitative estimate of drug-likeness (QED) is 0.761. The molecule has 0 amide bonds. The average molecular weight is 344 g/mol. The summed E-state index contributed by atoms with van der Waals surface area (Å²) in [5.41, 5.74) is 1.31. The van der Waals surface area contributed by atoms with Gasteiger partial charge in [0.1, 0.15) is 0 Å². The van der Waals surface area contributed by atoms with Crippen molar-refractivity contribution >= 4 is 21.9 Å². The molecule has 0 spiro atoms. The van der Waals surface area contributed by atoms with Crippen molar-refractivity contribution in [3.8, 4) is 0 Å². The molecular formula is C15H22BrNO3. The first-order valence-electron chi connectivity index (χ1n) is 6.90. The van der Waals surface area contributed by atoms with E-state index in [1.54, 1.807) is 12.1 Å². The van der Waals surface area contributed by atoms with Gasteiger partial charge in [0.25, 0.3) is 0 Å². The highest BCUT2D eigenvalue weighted by Crippen LogP contribution is 2.22. The molecule has 0 saturated carbocycles. The minimum Gasteiger partial charge on any atom is -0.478 e. The van der Waals surface area contributed by atoms with E-state index in [1.165, 1.54) is 0 Å². The highest BCUT2D eigenvalue weighted by Gasteiger charge is 2.16. The number of benzene rings is 1. The Morgan fingerprint density at radius 1 is 1.35 bits per heavy atom. The van der Waals surface area contributed by atoms with E-state index < -0.39 is 5.97 Å². The van der Waals surface area contributed by atoms with Gasteiger partial charge in [0.2, 0.25) is 0 Å². The predicted molar refractivity (Wildman–Crippen MR) is 83.0 cm³/mol. The summed E-state index contributed by atoms with van der Waals surface area (Å²) in [6.45, 7) is 5.73. The molecule has 0 fully saturated rings. The summed E-state index contributed by atoms with van der Waals surface area (Å²) < 4.78 is 0.797. The summed E-state index contributed by atoms with van der Waals surface area (Å²) >= 11 is 3.44. The number of hydrogen-bond donors (Lipinski definition) is 2. The van der Waals surface area contributed by atoms with Crippen molar-refractivity contribution in [3.05, 3.63) is 33.8 Å². The summed E-state index contributed by atoms with van der Waals surface area (Å²) in [5, 5.41) is 18.2. The highest BCUT2D eigenvalue weighted by molar-refractivity contribution is 9.10. The van der Waals surface area contributed by atoms with Crippen LogP contribution in [0.15, 0.2) is 22.7 Å². The van der Waals surface area contributed by atoms with Crippen molar-refractivity contribution in [1.29, 1.82) is 0 Å². The molecule has 1 aromatic rings. The van der Waals surface area contributed by atoms with E-state index in [9.17, 15) is 9.90 Å². The normalized spacial score (nSPS) is 11.3. The van der Waals surface area contributed by atoms with Crippen molar-refractivity contribution in [3.63, 3.8) is 0 Å². The fourth-order valence-corrected chi connectivity index (χ4v) is 2.86. The Labute approximate surface area is 128 Å². The van der Waals surface area contributed by atoms with Crippen LogP contribution in [0.4, 0.5) is 0 Å². The van der Waals surface area contributed by atoms with Crippen molar-refractivity contribution in [1.82, 2.24) is 4.90 Å². The minimum atomic E-state index is -0.926. The third-order valence-electron chi connectivity index (χ3n) is 3.52. The lowest BCUT2D eigenvalue weighted by Gasteiger charge is -2.30. The molecule has 0 aliphatic rings. The fourth-order valence-electron chi connectivity index (χ4n) is 2.35. The molecule has 0 saturated heterocycles. The molecule has 0 atom stereocenters. The van der Waals surface area contributed by atoms with Crippen molar-refractivity contribution in [2.24, 2.45) is 0 Å². The van der Waals surface area contributed by atoms with Crippen LogP contribution >= 0.6 is 15.9 Å². The van der Waals surface area contributed by atoms with Gasteiger partial charge in [-0.25, -0.2) is 4.79 Å². The van der Waals surface area contributed by atoms with Crippen LogP contribution in [0.25, 0.3) is 0 Å². The van der Waals surface area contributed by atoms with E-state index in [0.717, 1.165) is 22.9 Å². The third kappa shape index (κ3) is 4.58. The summed E-state index contributed by atoms with van der Waals surface area (Å²) in [6.07, 6.45) is 2.06. The first kappa shape index (κ1) is 17.1. The van der Waals surface area contributed by atoms with Gasteiger partial charge in [-0.15, -0.1) is 0 Å². The van der Waals surface area contributed by atoms with Gasteiger partial charge in [-0.1, -0.05) is 35.8 Å². The summed E-state index contributed by atoms with van der Waals surface area (Å²) in [7, 11) is 0. The second kappa shape index (κ2) is 8.39. The number of carboxylic acid groups (broad SMARTS) is 1. The second-order valence-electron chi connectivity index (χ2n) is 4.78. The molecule has 0 aliphatic heterocycles. The van der Waals surface area contributed by atoms with Crippen LogP contribution in [0.2, 0.25) is 0 Å². The minimum absolute atomic E-state index is 0.126. The van der Waals surface area contributed by atoms with E-state index in [4.69, 9.17) is 5.11 Å². The third-order valence-corrected chi connectivity index (χ3v) is 4.26. The number of aromatic carboxylic acids is 1. The fraction of sp³-hybridized carbons (Fsp3) is 0.533. The average Bonchev–Trinajstić information content (AvgIpc) is 2.42. The van der Waals surface area contributed by atoms with Gasteiger partial charge in [-0.3, -0.25) is 4.90 Å². The highest BCUT2D eigenvalue weighted by atomic mass is 79.9. The molecule has 0 unspecified atom stereocenters. The van der Waals surface area contributed by atoms with Crippen molar-refractivity contribution in [2.45, 2.75) is 39.3 Å². The van der Waals surface area contributed by atoms with Crippen LogP contribution in [-0.4, -0.2) is 40.3 Å². The number of rotatable bonds is 8. The molecule has 0 bridgehead atoms. The van der Waals surface area contributed by atoms with Gasteiger partial charge in [0, 0.05) is 23.6 Å². The summed E-state index contributed by atoms with van der Waals surface area (Å²) in [5.74, 6) is -0.926. The standard InChI is InChI=1S/C15H22BrNO3/c1-3-13(4-2)17(7-8-18)10-12-6-5-11(15(19)20)9-14(12)16/h5-6,9,13,18H,3-4,7-8,10H2,1-2H3,(H,19,20). The van der Waals surface area contributed by atoms with Gasteiger partial charge in [0.15, 0.2) is 0 Å². The second-order valence-corrected chi connectivity index (χ2v) is 5.63. The Morgan fingerprint density at radius 2 is 2.00 bits per heavy atom. The van der Waals surface area contributed by atoms with Crippen LogP contribution < -0.4 is 0 Å². The number of nitrogens with zero attached hydrogens (tertiary/aromatic N) is 1. The maximum absolute atomic E-state index is 10.9. The molecular weight excluding hydrogens is 322 g/mol. The van der Waals surface area contributed by atoms with E-state index in [2.05, 4.69) is 34.7 Å². The lowest BCUT2D eigenvalue weighted by molar-refractivity contribution is 0.0696. The van der Waals surface area contributed by atoms with Crippen LogP contribution in [0.5, 0.6) is 0 Å². The molecule has 1 aromatic carbocycles. The molecule has 0 heterocycles. The Kier molecular flexibility index (Phi) is 7.19. The molecule has 0 aliphatic carbocycles. The van der Waals surface area contributed by atoms with Crippen LogP contribution in [0, 0.1) is 0 Å². The molecule has 0 aromatic heterocycles. The zero-order valence-corrected chi connectivity index (χ0v) is 13.6. The number of carbonyl (C=O) groups is 1. The van der Waals surface area contributed by atoms with Gasteiger partial charge in [-0.05, 0) is 30.5 Å². The zero-order valence-electron chi connectivity index (χ0n) is 12.0. The van der Waals surface area contributed by atoms with Crippen LogP contribution in [0.3, 0.4) is 0 Å². The number of hydrogen-bond acceptors (Lipinski definition) is 3. The lowest BCUT2D eigenvalue weighted by atomic mass is 10.1.